The van der Waals surface area contributed by atoms with Gasteiger partial charge in [-0.15, -0.1) is 5.10 Å². The van der Waals surface area contributed by atoms with E-state index < -0.39 is 0 Å². The molecule has 0 bridgehead atoms. The van der Waals surface area contributed by atoms with E-state index in [1.807, 2.05) is 30.3 Å². The second-order valence-corrected chi connectivity index (χ2v) is 4.53. The highest BCUT2D eigenvalue weighted by Crippen LogP contribution is 2.21. The Balaban J connectivity index is 1.94. The molecule has 0 saturated heterocycles. The van der Waals surface area contributed by atoms with E-state index in [1.54, 1.807) is 16.9 Å². The van der Waals surface area contributed by atoms with E-state index in [9.17, 15) is 4.39 Å². The molecule has 0 aliphatic heterocycles. The Morgan fingerprint density at radius 3 is 2.75 bits per heavy atom. The van der Waals surface area contributed by atoms with Gasteiger partial charge >= 0.3 is 0 Å². The minimum Gasteiger partial charge on any atom is -0.399 e. The molecule has 0 aliphatic carbocycles. The SMILES string of the molecule is Nc1cccc(-c2cnnn2Cc2cccc(F)c2)c1. The Kier molecular flexibility index (Phi) is 3.16. The van der Waals surface area contributed by atoms with Gasteiger partial charge in [-0.3, -0.25) is 0 Å². The third-order valence-corrected chi connectivity index (χ3v) is 3.02. The number of nitrogens with zero attached hydrogens (tertiary/aromatic N) is 3. The standard InChI is InChI=1S/C15H13FN4/c16-13-5-1-3-11(7-13)10-20-15(9-18-19-20)12-4-2-6-14(17)8-12/h1-9H,10,17H2. The molecule has 2 aromatic carbocycles. The quantitative estimate of drug-likeness (QED) is 0.743. The Bertz CT molecular complexity index is 736. The Labute approximate surface area is 115 Å². The second-order valence-electron chi connectivity index (χ2n) is 4.53. The van der Waals surface area contributed by atoms with Crippen LogP contribution in [0.5, 0.6) is 0 Å². The van der Waals surface area contributed by atoms with Crippen molar-refractivity contribution in [3.05, 3.63) is 66.1 Å². The van der Waals surface area contributed by atoms with E-state index in [4.69, 9.17) is 5.73 Å². The summed E-state index contributed by atoms with van der Waals surface area (Å²) in [6, 6.07) is 14.0. The van der Waals surface area contributed by atoms with Gasteiger partial charge in [0, 0.05) is 11.3 Å². The molecule has 0 amide bonds. The van der Waals surface area contributed by atoms with Crippen molar-refractivity contribution in [1.82, 2.24) is 15.0 Å². The summed E-state index contributed by atoms with van der Waals surface area (Å²) in [5, 5.41) is 7.98. The van der Waals surface area contributed by atoms with Crippen LogP contribution in [-0.4, -0.2) is 15.0 Å². The Morgan fingerprint density at radius 2 is 1.95 bits per heavy atom. The van der Waals surface area contributed by atoms with E-state index in [0.717, 1.165) is 16.8 Å². The minimum atomic E-state index is -0.256. The van der Waals surface area contributed by atoms with Crippen molar-refractivity contribution in [3.8, 4) is 11.3 Å². The molecule has 0 atom stereocenters. The third kappa shape index (κ3) is 2.51. The number of aromatic nitrogens is 3. The predicted octanol–water partition coefficient (Wildman–Crippen LogP) is 2.71. The van der Waals surface area contributed by atoms with Gasteiger partial charge in [0.2, 0.25) is 0 Å². The average Bonchev–Trinajstić information content (AvgIpc) is 2.87. The van der Waals surface area contributed by atoms with Gasteiger partial charge < -0.3 is 5.73 Å². The van der Waals surface area contributed by atoms with Crippen LogP contribution in [0, 0.1) is 5.82 Å². The fourth-order valence-electron chi connectivity index (χ4n) is 2.10. The van der Waals surface area contributed by atoms with Gasteiger partial charge in [0.05, 0.1) is 18.4 Å². The summed E-state index contributed by atoms with van der Waals surface area (Å²) in [5.41, 5.74) is 9.09. The first-order chi connectivity index (χ1) is 9.72. The number of benzene rings is 2. The van der Waals surface area contributed by atoms with Gasteiger partial charge in [0.25, 0.3) is 0 Å². The maximum Gasteiger partial charge on any atom is 0.123 e. The smallest absolute Gasteiger partial charge is 0.123 e. The molecule has 20 heavy (non-hydrogen) atoms. The third-order valence-electron chi connectivity index (χ3n) is 3.02. The summed E-state index contributed by atoms with van der Waals surface area (Å²) < 4.78 is 14.9. The summed E-state index contributed by atoms with van der Waals surface area (Å²) in [4.78, 5) is 0. The molecule has 5 heteroatoms. The largest absolute Gasteiger partial charge is 0.399 e. The van der Waals surface area contributed by atoms with E-state index in [0.29, 0.717) is 12.2 Å². The molecule has 0 fully saturated rings. The Morgan fingerprint density at radius 1 is 1.10 bits per heavy atom. The monoisotopic (exact) mass is 268 g/mol. The highest BCUT2D eigenvalue weighted by Gasteiger charge is 2.08. The molecule has 2 N–H and O–H groups in total. The first-order valence-corrected chi connectivity index (χ1v) is 6.21. The molecule has 1 aromatic heterocycles. The zero-order valence-corrected chi connectivity index (χ0v) is 10.7. The minimum absolute atomic E-state index is 0.256. The number of hydrogen-bond acceptors (Lipinski definition) is 3. The molecule has 1 heterocycles. The first kappa shape index (κ1) is 12.3. The molecule has 0 aliphatic rings. The zero-order valence-electron chi connectivity index (χ0n) is 10.7. The van der Waals surface area contributed by atoms with Gasteiger partial charge in [-0.1, -0.05) is 29.5 Å². The highest BCUT2D eigenvalue weighted by atomic mass is 19.1. The van der Waals surface area contributed by atoms with E-state index in [2.05, 4.69) is 10.3 Å². The van der Waals surface area contributed by atoms with Crippen molar-refractivity contribution >= 4 is 5.69 Å². The zero-order chi connectivity index (χ0) is 13.9. The van der Waals surface area contributed by atoms with E-state index >= 15 is 0 Å². The van der Waals surface area contributed by atoms with Crippen molar-refractivity contribution in [3.63, 3.8) is 0 Å². The lowest BCUT2D eigenvalue weighted by atomic mass is 10.1. The van der Waals surface area contributed by atoms with Crippen LogP contribution >= 0.6 is 0 Å². The summed E-state index contributed by atoms with van der Waals surface area (Å²) in [7, 11) is 0. The lowest BCUT2D eigenvalue weighted by molar-refractivity contribution is 0.615. The molecular weight excluding hydrogens is 255 g/mol. The van der Waals surface area contributed by atoms with Crippen molar-refractivity contribution in [2.24, 2.45) is 0 Å². The summed E-state index contributed by atoms with van der Waals surface area (Å²) in [6.07, 6.45) is 1.67. The molecule has 0 spiro atoms. The lowest BCUT2D eigenvalue weighted by Gasteiger charge is -2.07. The van der Waals surface area contributed by atoms with Gasteiger partial charge in [-0.05, 0) is 29.8 Å². The molecule has 100 valence electrons. The number of anilines is 1. The first-order valence-electron chi connectivity index (χ1n) is 6.21. The molecule has 3 rings (SSSR count). The molecule has 4 nitrogen and oxygen atoms in total. The van der Waals surface area contributed by atoms with Crippen molar-refractivity contribution < 1.29 is 4.39 Å². The van der Waals surface area contributed by atoms with Crippen molar-refractivity contribution in [1.29, 1.82) is 0 Å². The number of nitrogens with two attached hydrogens (primary N) is 1. The average molecular weight is 268 g/mol. The van der Waals surface area contributed by atoms with Crippen LogP contribution in [0.15, 0.2) is 54.7 Å². The number of nitrogen functional groups attached to an aromatic ring is 1. The Hall–Kier alpha value is -2.69. The molecule has 3 aromatic rings. The van der Waals surface area contributed by atoms with Gasteiger partial charge in [-0.2, -0.15) is 0 Å². The highest BCUT2D eigenvalue weighted by molar-refractivity contribution is 5.63. The van der Waals surface area contributed by atoms with E-state index in [-0.39, 0.29) is 5.82 Å². The van der Waals surface area contributed by atoms with Crippen LogP contribution in [0.25, 0.3) is 11.3 Å². The van der Waals surface area contributed by atoms with Crippen LogP contribution in [0.1, 0.15) is 5.56 Å². The molecular formula is C15H13FN4. The fraction of sp³-hybridized carbons (Fsp3) is 0.0667. The van der Waals surface area contributed by atoms with E-state index in [1.165, 1.54) is 12.1 Å². The predicted molar refractivity (Wildman–Crippen MR) is 75.4 cm³/mol. The molecule has 0 saturated carbocycles. The van der Waals surface area contributed by atoms with Gasteiger partial charge in [0.15, 0.2) is 0 Å². The molecule has 0 radical (unpaired) electrons. The molecule has 0 unspecified atom stereocenters. The van der Waals surface area contributed by atoms with Crippen LogP contribution in [0.3, 0.4) is 0 Å². The van der Waals surface area contributed by atoms with Gasteiger partial charge in [0.1, 0.15) is 5.82 Å². The second kappa shape index (κ2) is 5.13. The van der Waals surface area contributed by atoms with Crippen LogP contribution in [0.2, 0.25) is 0 Å². The maximum atomic E-state index is 13.2. The lowest BCUT2D eigenvalue weighted by Crippen LogP contribution is -2.04. The van der Waals surface area contributed by atoms with Crippen molar-refractivity contribution in [2.75, 3.05) is 5.73 Å². The van der Waals surface area contributed by atoms with Crippen LogP contribution < -0.4 is 5.73 Å². The number of hydrogen-bond donors (Lipinski definition) is 1. The maximum absolute atomic E-state index is 13.2. The summed E-state index contributed by atoms with van der Waals surface area (Å²) in [6.45, 7) is 0.460. The van der Waals surface area contributed by atoms with Crippen molar-refractivity contribution in [2.45, 2.75) is 6.54 Å². The number of halogens is 1. The fourth-order valence-corrected chi connectivity index (χ4v) is 2.10. The van der Waals surface area contributed by atoms with Crippen LogP contribution in [-0.2, 0) is 6.54 Å². The topological polar surface area (TPSA) is 56.7 Å². The summed E-state index contributed by atoms with van der Waals surface area (Å²) in [5.74, 6) is -0.256. The summed E-state index contributed by atoms with van der Waals surface area (Å²) >= 11 is 0. The van der Waals surface area contributed by atoms with Gasteiger partial charge in [-0.25, -0.2) is 9.07 Å². The number of rotatable bonds is 3. The normalized spacial score (nSPS) is 10.7. The van der Waals surface area contributed by atoms with Crippen LogP contribution in [0.4, 0.5) is 10.1 Å².